The van der Waals surface area contributed by atoms with Crippen molar-refractivity contribution in [2.24, 2.45) is 0 Å². The predicted molar refractivity (Wildman–Crippen MR) is 128 cm³/mol. The molecule has 5 rings (SSSR count). The van der Waals surface area contributed by atoms with Gasteiger partial charge in [0.1, 0.15) is 11.0 Å². The van der Waals surface area contributed by atoms with Gasteiger partial charge in [0.05, 0.1) is 27.8 Å². The van der Waals surface area contributed by atoms with Gasteiger partial charge in [0.2, 0.25) is 0 Å². The van der Waals surface area contributed by atoms with E-state index in [0.717, 1.165) is 33.6 Å². The topological polar surface area (TPSA) is 90.0 Å². The molecule has 8 heteroatoms. The van der Waals surface area contributed by atoms with Gasteiger partial charge in [-0.25, -0.2) is 14.5 Å². The van der Waals surface area contributed by atoms with Gasteiger partial charge in [0, 0.05) is 12.1 Å². The molecule has 0 spiro atoms. The Hall–Kier alpha value is -3.71. The molecule has 0 saturated carbocycles. The van der Waals surface area contributed by atoms with Crippen molar-refractivity contribution in [1.29, 1.82) is 0 Å². The Labute approximate surface area is 194 Å². The summed E-state index contributed by atoms with van der Waals surface area (Å²) in [7, 11) is 0. The van der Waals surface area contributed by atoms with Gasteiger partial charge in [-0.2, -0.15) is 5.10 Å². The van der Waals surface area contributed by atoms with Gasteiger partial charge in [0.15, 0.2) is 0 Å². The lowest BCUT2D eigenvalue weighted by molar-refractivity contribution is 0.0697. The third-order valence-electron chi connectivity index (χ3n) is 6.04. The summed E-state index contributed by atoms with van der Waals surface area (Å²) in [5, 5.41) is 14.8. The fourth-order valence-electron chi connectivity index (χ4n) is 4.34. The molecule has 4 aromatic rings. The summed E-state index contributed by atoms with van der Waals surface area (Å²) in [6.07, 6.45) is 2.55. The largest absolute Gasteiger partial charge is 0.478 e. The van der Waals surface area contributed by atoms with Crippen LogP contribution in [0.3, 0.4) is 0 Å². The highest BCUT2D eigenvalue weighted by Crippen LogP contribution is 2.32. The molecule has 2 aromatic heterocycles. The summed E-state index contributed by atoms with van der Waals surface area (Å²) in [5.41, 5.74) is 5.82. The van der Waals surface area contributed by atoms with Crippen molar-refractivity contribution in [1.82, 2.24) is 19.3 Å². The van der Waals surface area contributed by atoms with E-state index in [0.29, 0.717) is 34.8 Å². The van der Waals surface area contributed by atoms with E-state index in [2.05, 4.69) is 16.1 Å². The fraction of sp³-hybridized carbons (Fsp3) is 0.200. The average molecular weight is 461 g/mol. The first-order valence-corrected chi connectivity index (χ1v) is 10.9. The molecule has 0 fully saturated rings. The van der Waals surface area contributed by atoms with Crippen LogP contribution in [0.1, 0.15) is 45.0 Å². The minimum Gasteiger partial charge on any atom is -0.478 e. The molecule has 3 heterocycles. The molecule has 33 heavy (non-hydrogen) atoms. The number of aryl methyl sites for hydroxylation is 3. The van der Waals surface area contributed by atoms with Gasteiger partial charge in [0.25, 0.3) is 5.56 Å². The van der Waals surface area contributed by atoms with Crippen LogP contribution in [-0.4, -0.2) is 30.4 Å². The molecule has 1 aliphatic rings. The molecule has 1 N–H and O–H groups in total. The van der Waals surface area contributed by atoms with Crippen molar-refractivity contribution in [2.75, 3.05) is 0 Å². The summed E-state index contributed by atoms with van der Waals surface area (Å²) < 4.78 is 3.36. The van der Waals surface area contributed by atoms with E-state index in [-0.39, 0.29) is 11.1 Å². The SMILES string of the molecule is Cc1ccc(-n2nc(C)c(/C=C3/CCn4c3nc3cc(C(=O)O)ccc3c4=O)c2Cl)c(C)c1. The first-order chi connectivity index (χ1) is 15.7. The average Bonchev–Trinajstić information content (AvgIpc) is 3.30. The van der Waals surface area contributed by atoms with Crippen LogP contribution in [-0.2, 0) is 6.54 Å². The zero-order valence-electron chi connectivity index (χ0n) is 18.4. The van der Waals surface area contributed by atoms with Crippen molar-refractivity contribution < 1.29 is 9.90 Å². The molecular formula is C25H21ClN4O3. The number of rotatable bonds is 3. The maximum atomic E-state index is 13.0. The highest BCUT2D eigenvalue weighted by molar-refractivity contribution is 6.31. The second-order valence-electron chi connectivity index (χ2n) is 8.34. The summed E-state index contributed by atoms with van der Waals surface area (Å²) >= 11 is 6.77. The smallest absolute Gasteiger partial charge is 0.335 e. The number of hydrogen-bond acceptors (Lipinski definition) is 4. The van der Waals surface area contributed by atoms with Gasteiger partial charge < -0.3 is 5.11 Å². The Morgan fingerprint density at radius 3 is 2.67 bits per heavy atom. The number of carboxylic acid groups (broad SMARTS) is 1. The van der Waals surface area contributed by atoms with Crippen LogP contribution in [0.25, 0.3) is 28.2 Å². The number of hydrogen-bond donors (Lipinski definition) is 1. The zero-order chi connectivity index (χ0) is 23.4. The first-order valence-electron chi connectivity index (χ1n) is 10.6. The normalized spacial score (nSPS) is 14.2. The van der Waals surface area contributed by atoms with Crippen LogP contribution < -0.4 is 5.56 Å². The molecule has 1 aliphatic heterocycles. The van der Waals surface area contributed by atoms with E-state index in [1.807, 2.05) is 39.0 Å². The molecule has 0 unspecified atom stereocenters. The molecule has 0 radical (unpaired) electrons. The van der Waals surface area contributed by atoms with Gasteiger partial charge in [-0.1, -0.05) is 29.3 Å². The van der Waals surface area contributed by atoms with E-state index in [9.17, 15) is 14.7 Å². The molecule has 7 nitrogen and oxygen atoms in total. The number of halogens is 1. The quantitative estimate of drug-likeness (QED) is 0.474. The summed E-state index contributed by atoms with van der Waals surface area (Å²) in [6.45, 7) is 6.46. The lowest BCUT2D eigenvalue weighted by Gasteiger charge is -2.08. The molecule has 166 valence electrons. The van der Waals surface area contributed by atoms with E-state index in [1.165, 1.54) is 18.2 Å². The van der Waals surface area contributed by atoms with Crippen molar-refractivity contribution in [2.45, 2.75) is 33.7 Å². The van der Waals surface area contributed by atoms with Gasteiger partial charge in [-0.3, -0.25) is 9.36 Å². The van der Waals surface area contributed by atoms with Gasteiger partial charge in [-0.05, 0) is 68.7 Å². The van der Waals surface area contributed by atoms with Gasteiger partial charge >= 0.3 is 5.97 Å². The minimum atomic E-state index is -1.06. The molecule has 0 saturated heterocycles. The summed E-state index contributed by atoms with van der Waals surface area (Å²) in [4.78, 5) is 29.0. The van der Waals surface area contributed by atoms with Crippen LogP contribution in [0.4, 0.5) is 0 Å². The second-order valence-corrected chi connectivity index (χ2v) is 8.70. The lowest BCUT2D eigenvalue weighted by atomic mass is 10.1. The summed E-state index contributed by atoms with van der Waals surface area (Å²) in [5.74, 6) is -0.527. The number of fused-ring (bicyclic) bond motifs is 2. The number of aromatic carboxylic acids is 1. The first kappa shape index (κ1) is 21.2. The Kier molecular flexibility index (Phi) is 4.94. The van der Waals surface area contributed by atoms with E-state index < -0.39 is 5.97 Å². The molecule has 0 aliphatic carbocycles. The third-order valence-corrected chi connectivity index (χ3v) is 6.40. The Morgan fingerprint density at radius 2 is 1.94 bits per heavy atom. The molecule has 2 aromatic carbocycles. The Balaban J connectivity index is 1.64. The minimum absolute atomic E-state index is 0.0940. The Morgan fingerprint density at radius 1 is 1.15 bits per heavy atom. The molecule has 0 atom stereocenters. The number of allylic oxidation sites excluding steroid dienone is 1. The highest BCUT2D eigenvalue weighted by Gasteiger charge is 2.23. The standard InChI is InChI=1S/C25H21ClN4O3/c1-13-4-7-21(14(2)10-13)30-22(26)19(15(3)28-30)11-16-8-9-29-23(16)27-20-12-17(25(32)33)5-6-18(20)24(29)31/h4-7,10-12H,8-9H2,1-3H3,(H,32,33)/b16-11-. The predicted octanol–water partition coefficient (Wildman–Crippen LogP) is 4.80. The van der Waals surface area contributed by atoms with Gasteiger partial charge in [-0.15, -0.1) is 0 Å². The fourth-order valence-corrected chi connectivity index (χ4v) is 4.66. The lowest BCUT2D eigenvalue weighted by Crippen LogP contribution is -2.21. The van der Waals surface area contributed by atoms with Crippen molar-refractivity contribution in [3.8, 4) is 5.69 Å². The van der Waals surface area contributed by atoms with E-state index >= 15 is 0 Å². The molecular weight excluding hydrogens is 440 g/mol. The molecule has 0 bridgehead atoms. The number of carbonyl (C=O) groups is 1. The number of nitrogens with zero attached hydrogens (tertiary/aromatic N) is 4. The van der Waals surface area contributed by atoms with Crippen LogP contribution in [0.15, 0.2) is 41.2 Å². The highest BCUT2D eigenvalue weighted by atomic mass is 35.5. The van der Waals surface area contributed by atoms with Crippen LogP contribution >= 0.6 is 11.6 Å². The second kappa shape index (κ2) is 7.71. The van der Waals surface area contributed by atoms with Crippen LogP contribution in [0.5, 0.6) is 0 Å². The van der Waals surface area contributed by atoms with Crippen molar-refractivity contribution in [3.63, 3.8) is 0 Å². The maximum absolute atomic E-state index is 13.0. The molecule has 0 amide bonds. The van der Waals surface area contributed by atoms with E-state index in [4.69, 9.17) is 11.6 Å². The van der Waals surface area contributed by atoms with E-state index in [1.54, 1.807) is 9.25 Å². The number of benzene rings is 2. The third kappa shape index (κ3) is 3.45. The summed E-state index contributed by atoms with van der Waals surface area (Å²) in [6, 6.07) is 10.5. The number of aromatic nitrogens is 4. The monoisotopic (exact) mass is 460 g/mol. The van der Waals surface area contributed by atoms with Crippen molar-refractivity contribution >= 4 is 40.1 Å². The zero-order valence-corrected chi connectivity index (χ0v) is 19.1. The van der Waals surface area contributed by atoms with Crippen LogP contribution in [0.2, 0.25) is 5.15 Å². The number of carboxylic acids is 1. The van der Waals surface area contributed by atoms with Crippen LogP contribution in [0, 0.1) is 20.8 Å². The van der Waals surface area contributed by atoms with Crippen molar-refractivity contribution in [3.05, 3.63) is 85.7 Å². The maximum Gasteiger partial charge on any atom is 0.335 e. The Bertz CT molecular complexity index is 1560.